The van der Waals surface area contributed by atoms with Crippen LogP contribution in [0.15, 0.2) is 0 Å². The Balaban J connectivity index is 2.56. The van der Waals surface area contributed by atoms with Crippen molar-refractivity contribution in [1.82, 2.24) is 0 Å². The molecule has 0 aromatic carbocycles. The van der Waals surface area contributed by atoms with E-state index in [1.54, 1.807) is 0 Å². The Morgan fingerprint density at radius 1 is 1.38 bits per heavy atom. The molecule has 0 aliphatic carbocycles. The van der Waals surface area contributed by atoms with E-state index in [0.717, 1.165) is 24.8 Å². The fourth-order valence-corrected chi connectivity index (χ4v) is 4.88. The third kappa shape index (κ3) is 3.26. The molecule has 0 radical (unpaired) electrons. The first-order valence-corrected chi connectivity index (χ1v) is 9.34. The first-order valence-electron chi connectivity index (χ1n) is 5.23. The van der Waals surface area contributed by atoms with Gasteiger partial charge in [0.25, 0.3) is 0 Å². The fourth-order valence-electron chi connectivity index (χ4n) is 2.24. The average molecular weight is 221 g/mol. The molecular weight excluding hydrogens is 200 g/mol. The molecule has 0 spiro atoms. The lowest BCUT2D eigenvalue weighted by molar-refractivity contribution is 0.0168. The maximum Gasteiger partial charge on any atom is 0.0788 e. The molecule has 2 unspecified atom stereocenters. The van der Waals surface area contributed by atoms with Gasteiger partial charge in [0.1, 0.15) is 0 Å². The number of rotatable bonds is 3. The van der Waals surface area contributed by atoms with Crippen LogP contribution in [0.1, 0.15) is 19.3 Å². The van der Waals surface area contributed by atoms with Gasteiger partial charge in [-0.2, -0.15) is 0 Å². The molecule has 1 aliphatic heterocycles. The van der Waals surface area contributed by atoms with E-state index in [9.17, 15) is 0 Å². The van der Waals surface area contributed by atoms with Crippen LogP contribution in [0.3, 0.4) is 0 Å². The Bertz CT molecular complexity index is 153. The summed E-state index contributed by atoms with van der Waals surface area (Å²) in [6.07, 6.45) is 3.68. The van der Waals surface area contributed by atoms with Gasteiger partial charge in [0, 0.05) is 12.5 Å². The molecule has 0 aromatic heterocycles. The number of ether oxygens (including phenoxy) is 1. The third-order valence-electron chi connectivity index (χ3n) is 2.78. The van der Waals surface area contributed by atoms with E-state index >= 15 is 0 Å². The smallest absolute Gasteiger partial charge is 0.0788 e. The minimum atomic E-state index is -1.14. The SMILES string of the molecule is C[Si](C)(C)C1OCCCC1CCCl. The highest BCUT2D eigenvalue weighted by molar-refractivity contribution is 6.77. The molecule has 0 aromatic rings. The summed E-state index contributed by atoms with van der Waals surface area (Å²) in [5, 5.41) is 0. The second-order valence-electron chi connectivity index (χ2n) is 5.04. The molecule has 1 nitrogen and oxygen atoms in total. The number of halogens is 1. The molecule has 0 N–H and O–H groups in total. The van der Waals surface area contributed by atoms with Crippen LogP contribution in [0.5, 0.6) is 0 Å². The van der Waals surface area contributed by atoms with Gasteiger partial charge in [0.05, 0.1) is 13.8 Å². The molecule has 2 atom stereocenters. The molecule has 0 amide bonds. The lowest BCUT2D eigenvalue weighted by atomic mass is 9.99. The molecule has 1 saturated heterocycles. The molecule has 1 heterocycles. The van der Waals surface area contributed by atoms with Crippen LogP contribution in [-0.4, -0.2) is 26.3 Å². The standard InChI is InChI=1S/C10H21ClOSi/c1-13(2,3)10-9(6-7-11)5-4-8-12-10/h9-10H,4-8H2,1-3H3. The zero-order valence-electron chi connectivity index (χ0n) is 8.98. The van der Waals surface area contributed by atoms with E-state index in [1.807, 2.05) is 0 Å². The quantitative estimate of drug-likeness (QED) is 0.524. The van der Waals surface area contributed by atoms with Crippen molar-refractivity contribution < 1.29 is 4.74 Å². The summed E-state index contributed by atoms with van der Waals surface area (Å²) < 4.78 is 5.91. The zero-order valence-corrected chi connectivity index (χ0v) is 10.7. The average Bonchev–Trinajstić information content (AvgIpc) is 2.04. The molecular formula is C10H21ClOSi. The summed E-state index contributed by atoms with van der Waals surface area (Å²) in [6, 6.07) is 0. The highest BCUT2D eigenvalue weighted by Gasteiger charge is 2.35. The van der Waals surface area contributed by atoms with E-state index in [4.69, 9.17) is 16.3 Å². The number of hydrogen-bond donors (Lipinski definition) is 0. The molecule has 13 heavy (non-hydrogen) atoms. The van der Waals surface area contributed by atoms with Gasteiger partial charge >= 0.3 is 0 Å². The van der Waals surface area contributed by atoms with Crippen molar-refractivity contribution in [3.63, 3.8) is 0 Å². The van der Waals surface area contributed by atoms with Crippen LogP contribution in [-0.2, 0) is 4.74 Å². The Morgan fingerprint density at radius 3 is 2.62 bits per heavy atom. The van der Waals surface area contributed by atoms with Gasteiger partial charge in [-0.3, -0.25) is 0 Å². The van der Waals surface area contributed by atoms with Gasteiger partial charge in [0.2, 0.25) is 0 Å². The monoisotopic (exact) mass is 220 g/mol. The summed E-state index contributed by atoms with van der Waals surface area (Å²) in [5.74, 6) is 1.52. The van der Waals surface area contributed by atoms with Crippen molar-refractivity contribution in [2.75, 3.05) is 12.5 Å². The lowest BCUT2D eigenvalue weighted by Gasteiger charge is -2.39. The van der Waals surface area contributed by atoms with Gasteiger partial charge in [0.15, 0.2) is 0 Å². The Kier molecular flexibility index (Phi) is 4.27. The Hall–Kier alpha value is 0.467. The molecule has 78 valence electrons. The molecule has 0 saturated carbocycles. The highest BCUT2D eigenvalue weighted by atomic mass is 35.5. The minimum absolute atomic E-state index is 0.542. The fraction of sp³-hybridized carbons (Fsp3) is 1.00. The van der Waals surface area contributed by atoms with Crippen molar-refractivity contribution in [1.29, 1.82) is 0 Å². The first-order chi connectivity index (χ1) is 6.05. The van der Waals surface area contributed by atoms with Crippen molar-refractivity contribution in [3.05, 3.63) is 0 Å². The molecule has 1 aliphatic rings. The topological polar surface area (TPSA) is 9.23 Å². The van der Waals surface area contributed by atoms with E-state index in [-0.39, 0.29) is 0 Å². The van der Waals surface area contributed by atoms with Crippen LogP contribution in [0.2, 0.25) is 19.6 Å². The number of alkyl halides is 1. The van der Waals surface area contributed by atoms with Crippen LogP contribution in [0.4, 0.5) is 0 Å². The summed E-state index contributed by atoms with van der Waals surface area (Å²) in [7, 11) is -1.14. The van der Waals surface area contributed by atoms with Crippen LogP contribution in [0, 0.1) is 5.92 Å². The summed E-state index contributed by atoms with van der Waals surface area (Å²) in [5.41, 5.74) is 0.542. The Labute approximate surface area is 87.8 Å². The summed E-state index contributed by atoms with van der Waals surface area (Å²) >= 11 is 5.81. The maximum atomic E-state index is 5.91. The predicted octanol–water partition coefficient (Wildman–Crippen LogP) is 3.29. The summed E-state index contributed by atoms with van der Waals surface area (Å²) in [4.78, 5) is 0. The van der Waals surface area contributed by atoms with Gasteiger partial charge < -0.3 is 4.74 Å². The van der Waals surface area contributed by atoms with E-state index in [1.165, 1.54) is 12.8 Å². The van der Waals surface area contributed by atoms with Gasteiger partial charge in [-0.25, -0.2) is 0 Å². The molecule has 3 heteroatoms. The number of hydrogen-bond acceptors (Lipinski definition) is 1. The third-order valence-corrected chi connectivity index (χ3v) is 5.34. The maximum absolute atomic E-state index is 5.91. The van der Waals surface area contributed by atoms with Crippen molar-refractivity contribution in [2.24, 2.45) is 5.92 Å². The summed E-state index contributed by atoms with van der Waals surface area (Å²) in [6.45, 7) is 8.15. The van der Waals surface area contributed by atoms with Crippen molar-refractivity contribution >= 4 is 19.7 Å². The van der Waals surface area contributed by atoms with Gasteiger partial charge in [-0.1, -0.05) is 19.6 Å². The Morgan fingerprint density at radius 2 is 2.08 bits per heavy atom. The van der Waals surface area contributed by atoms with E-state index in [0.29, 0.717) is 5.73 Å². The van der Waals surface area contributed by atoms with Crippen molar-refractivity contribution in [2.45, 2.75) is 44.6 Å². The van der Waals surface area contributed by atoms with Gasteiger partial charge in [-0.15, -0.1) is 11.6 Å². The molecule has 1 fully saturated rings. The van der Waals surface area contributed by atoms with Crippen LogP contribution in [0.25, 0.3) is 0 Å². The van der Waals surface area contributed by atoms with E-state index < -0.39 is 8.07 Å². The first kappa shape index (κ1) is 11.5. The second kappa shape index (κ2) is 4.81. The van der Waals surface area contributed by atoms with E-state index in [2.05, 4.69) is 19.6 Å². The largest absolute Gasteiger partial charge is 0.381 e. The molecule has 0 bridgehead atoms. The highest BCUT2D eigenvalue weighted by Crippen LogP contribution is 2.30. The molecule has 1 rings (SSSR count). The van der Waals surface area contributed by atoms with Crippen LogP contribution < -0.4 is 0 Å². The van der Waals surface area contributed by atoms with Gasteiger partial charge in [-0.05, 0) is 25.2 Å². The normalized spacial score (nSPS) is 30.5. The minimum Gasteiger partial charge on any atom is -0.381 e. The van der Waals surface area contributed by atoms with Crippen LogP contribution >= 0.6 is 11.6 Å². The lowest BCUT2D eigenvalue weighted by Crippen LogP contribution is -2.48. The zero-order chi connectivity index (χ0) is 9.90. The van der Waals surface area contributed by atoms with Crippen molar-refractivity contribution in [3.8, 4) is 0 Å². The predicted molar refractivity (Wildman–Crippen MR) is 61.1 cm³/mol. The second-order valence-corrected chi connectivity index (χ2v) is 10.7.